The Bertz CT molecular complexity index is 596. The van der Waals surface area contributed by atoms with Crippen molar-refractivity contribution < 1.29 is 14.1 Å². The second-order valence-electron chi connectivity index (χ2n) is 7.23. The number of anilines is 1. The molecule has 0 N–H and O–H groups in total. The minimum absolute atomic E-state index is 0.203. The Hall–Kier alpha value is -1.33. The van der Waals surface area contributed by atoms with Crippen LogP contribution in [0.3, 0.4) is 0 Å². The van der Waals surface area contributed by atoms with Crippen molar-refractivity contribution in [2.75, 3.05) is 11.4 Å². The van der Waals surface area contributed by atoms with Gasteiger partial charge in [-0.3, -0.25) is 4.79 Å². The van der Waals surface area contributed by atoms with E-state index in [-0.39, 0.29) is 24.2 Å². The van der Waals surface area contributed by atoms with Crippen LogP contribution in [0.1, 0.15) is 46.1 Å². The average molecular weight is 301 g/mol. The normalized spacial score (nSPS) is 23.4. The van der Waals surface area contributed by atoms with Gasteiger partial charge in [-0.05, 0) is 58.1 Å². The molecule has 0 atom stereocenters. The lowest BCUT2D eigenvalue weighted by atomic mass is 9.75. The zero-order valence-electron chi connectivity index (χ0n) is 14.1. The van der Waals surface area contributed by atoms with E-state index in [2.05, 4.69) is 27.7 Å². The Morgan fingerprint density at radius 3 is 2.32 bits per heavy atom. The van der Waals surface area contributed by atoms with Gasteiger partial charge < -0.3 is 14.2 Å². The Balaban J connectivity index is 1.95. The monoisotopic (exact) mass is 301 g/mol. The molecule has 5 heteroatoms. The molecular formula is C17H24BNO3. The summed E-state index contributed by atoms with van der Waals surface area (Å²) in [5.41, 5.74) is 2.34. The summed E-state index contributed by atoms with van der Waals surface area (Å²) in [6.45, 7) is 11.0. The zero-order valence-corrected chi connectivity index (χ0v) is 14.1. The standard InChI is InChI=1S/C17H24BNO3/c1-12-13(18-21-16(2,3)17(4,5)22-18)8-6-9-14(12)19-11-7-10-15(19)20/h6,8-9H,7,10-11H2,1-5H3. The molecule has 1 aromatic rings. The minimum atomic E-state index is -0.386. The first kappa shape index (κ1) is 15.6. The van der Waals surface area contributed by atoms with Gasteiger partial charge in [0.15, 0.2) is 0 Å². The molecule has 0 saturated carbocycles. The van der Waals surface area contributed by atoms with Crippen molar-refractivity contribution in [2.45, 2.75) is 58.7 Å². The van der Waals surface area contributed by atoms with E-state index < -0.39 is 0 Å². The molecule has 22 heavy (non-hydrogen) atoms. The maximum atomic E-state index is 12.0. The largest absolute Gasteiger partial charge is 0.495 e. The zero-order chi connectivity index (χ0) is 16.1. The summed E-state index contributed by atoms with van der Waals surface area (Å²) in [6, 6.07) is 6.02. The predicted octanol–water partition coefficient (Wildman–Crippen LogP) is 2.42. The second kappa shape index (κ2) is 5.10. The van der Waals surface area contributed by atoms with Crippen molar-refractivity contribution in [3.8, 4) is 0 Å². The van der Waals surface area contributed by atoms with Crippen LogP contribution in [-0.2, 0) is 14.1 Å². The number of carbonyl (C=O) groups excluding carboxylic acids is 1. The van der Waals surface area contributed by atoms with Gasteiger partial charge in [0.05, 0.1) is 11.2 Å². The topological polar surface area (TPSA) is 38.8 Å². The van der Waals surface area contributed by atoms with E-state index >= 15 is 0 Å². The van der Waals surface area contributed by atoms with Crippen LogP contribution in [0.2, 0.25) is 0 Å². The molecule has 0 aliphatic carbocycles. The van der Waals surface area contributed by atoms with Gasteiger partial charge in [-0.15, -0.1) is 0 Å². The van der Waals surface area contributed by atoms with Gasteiger partial charge in [0.25, 0.3) is 0 Å². The lowest BCUT2D eigenvalue weighted by Crippen LogP contribution is -2.41. The summed E-state index contributed by atoms with van der Waals surface area (Å²) in [6.07, 6.45) is 1.57. The number of rotatable bonds is 2. The second-order valence-corrected chi connectivity index (χ2v) is 7.23. The number of nitrogens with zero attached hydrogens (tertiary/aromatic N) is 1. The molecule has 1 aromatic carbocycles. The summed E-state index contributed by atoms with van der Waals surface area (Å²) in [7, 11) is -0.386. The molecule has 0 unspecified atom stereocenters. The highest BCUT2D eigenvalue weighted by Crippen LogP contribution is 2.37. The quantitative estimate of drug-likeness (QED) is 0.788. The first-order valence-corrected chi connectivity index (χ1v) is 7.98. The van der Waals surface area contributed by atoms with Gasteiger partial charge in [-0.25, -0.2) is 0 Å². The minimum Gasteiger partial charge on any atom is -0.399 e. The van der Waals surface area contributed by atoms with Gasteiger partial charge in [-0.2, -0.15) is 0 Å². The summed E-state index contributed by atoms with van der Waals surface area (Å²) in [4.78, 5) is 13.9. The lowest BCUT2D eigenvalue weighted by molar-refractivity contribution is -0.117. The Morgan fingerprint density at radius 2 is 1.77 bits per heavy atom. The smallest absolute Gasteiger partial charge is 0.399 e. The fraction of sp³-hybridized carbons (Fsp3) is 0.588. The Morgan fingerprint density at radius 1 is 1.14 bits per heavy atom. The van der Waals surface area contributed by atoms with E-state index in [9.17, 15) is 4.79 Å². The van der Waals surface area contributed by atoms with Crippen LogP contribution < -0.4 is 10.4 Å². The van der Waals surface area contributed by atoms with Gasteiger partial charge in [0.1, 0.15) is 0 Å². The molecule has 0 spiro atoms. The Labute approximate surface area is 132 Å². The van der Waals surface area contributed by atoms with Crippen molar-refractivity contribution in [3.05, 3.63) is 23.8 Å². The van der Waals surface area contributed by atoms with Crippen molar-refractivity contribution in [2.24, 2.45) is 0 Å². The Kier molecular flexibility index (Phi) is 3.61. The van der Waals surface area contributed by atoms with Crippen molar-refractivity contribution in [1.29, 1.82) is 0 Å². The first-order valence-electron chi connectivity index (χ1n) is 7.98. The molecule has 2 aliphatic heterocycles. The predicted molar refractivity (Wildman–Crippen MR) is 88.5 cm³/mol. The highest BCUT2D eigenvalue weighted by molar-refractivity contribution is 6.62. The van der Waals surface area contributed by atoms with Crippen LogP contribution in [0.15, 0.2) is 18.2 Å². The average Bonchev–Trinajstić information content (AvgIpc) is 2.91. The molecule has 0 bridgehead atoms. The maximum absolute atomic E-state index is 12.0. The molecule has 0 aromatic heterocycles. The van der Waals surface area contributed by atoms with Crippen LogP contribution in [-0.4, -0.2) is 30.8 Å². The molecule has 2 heterocycles. The van der Waals surface area contributed by atoms with Crippen LogP contribution in [0.5, 0.6) is 0 Å². The third-order valence-corrected chi connectivity index (χ3v) is 5.22. The molecule has 2 aliphatic rings. The number of carbonyl (C=O) groups is 1. The first-order chi connectivity index (χ1) is 10.2. The third kappa shape index (κ3) is 2.36. The van der Waals surface area contributed by atoms with Crippen LogP contribution in [0.4, 0.5) is 5.69 Å². The van der Waals surface area contributed by atoms with E-state index in [1.165, 1.54) is 0 Å². The van der Waals surface area contributed by atoms with Gasteiger partial charge in [0, 0.05) is 18.7 Å². The summed E-state index contributed by atoms with van der Waals surface area (Å²) in [5.74, 6) is 0.203. The fourth-order valence-corrected chi connectivity index (χ4v) is 3.06. The SMILES string of the molecule is Cc1c(B2OC(C)(C)C(C)(C)O2)cccc1N1CCCC1=O. The van der Waals surface area contributed by atoms with E-state index in [1.807, 2.05) is 30.0 Å². The molecule has 2 fully saturated rings. The summed E-state index contributed by atoms with van der Waals surface area (Å²) >= 11 is 0. The molecule has 3 rings (SSSR count). The molecule has 2 saturated heterocycles. The molecule has 1 amide bonds. The number of amides is 1. The molecule has 118 valence electrons. The van der Waals surface area contributed by atoms with Crippen molar-refractivity contribution in [3.63, 3.8) is 0 Å². The fourth-order valence-electron chi connectivity index (χ4n) is 3.06. The van der Waals surface area contributed by atoms with Crippen molar-refractivity contribution in [1.82, 2.24) is 0 Å². The summed E-state index contributed by atoms with van der Waals surface area (Å²) < 4.78 is 12.3. The third-order valence-electron chi connectivity index (χ3n) is 5.22. The number of benzene rings is 1. The van der Waals surface area contributed by atoms with E-state index in [0.29, 0.717) is 6.42 Å². The maximum Gasteiger partial charge on any atom is 0.495 e. The van der Waals surface area contributed by atoms with Crippen LogP contribution >= 0.6 is 0 Å². The van der Waals surface area contributed by atoms with Gasteiger partial charge in [-0.1, -0.05) is 12.1 Å². The number of hydrogen-bond donors (Lipinski definition) is 0. The number of hydrogen-bond acceptors (Lipinski definition) is 3. The van der Waals surface area contributed by atoms with E-state index in [0.717, 1.165) is 29.7 Å². The van der Waals surface area contributed by atoms with Gasteiger partial charge >= 0.3 is 7.12 Å². The van der Waals surface area contributed by atoms with E-state index in [1.54, 1.807) is 0 Å². The highest BCUT2D eigenvalue weighted by Gasteiger charge is 2.52. The molecular weight excluding hydrogens is 277 g/mol. The van der Waals surface area contributed by atoms with E-state index in [4.69, 9.17) is 9.31 Å². The summed E-state index contributed by atoms with van der Waals surface area (Å²) in [5, 5.41) is 0. The highest BCUT2D eigenvalue weighted by atomic mass is 16.7. The molecule has 4 nitrogen and oxygen atoms in total. The lowest BCUT2D eigenvalue weighted by Gasteiger charge is -2.32. The molecule has 0 radical (unpaired) electrons. The van der Waals surface area contributed by atoms with Gasteiger partial charge in [0.2, 0.25) is 5.91 Å². The van der Waals surface area contributed by atoms with Crippen LogP contribution in [0.25, 0.3) is 0 Å². The van der Waals surface area contributed by atoms with Crippen molar-refractivity contribution >= 4 is 24.2 Å². The van der Waals surface area contributed by atoms with Crippen LogP contribution in [0, 0.1) is 6.92 Å².